The SMILES string of the molecule is Cc1[nH]c2c(C)c(Cl)ccc2c(=O)c1CN1CCN(c2ccccc2)CC1. The van der Waals surface area contributed by atoms with Crippen LogP contribution in [0.1, 0.15) is 16.8 Å². The summed E-state index contributed by atoms with van der Waals surface area (Å²) in [4.78, 5) is 21.3. The van der Waals surface area contributed by atoms with E-state index in [-0.39, 0.29) is 5.43 Å². The van der Waals surface area contributed by atoms with Gasteiger partial charge in [-0.2, -0.15) is 0 Å². The molecule has 1 aliphatic heterocycles. The number of fused-ring (bicyclic) bond motifs is 1. The van der Waals surface area contributed by atoms with Crippen LogP contribution < -0.4 is 10.3 Å². The highest BCUT2D eigenvalue weighted by Gasteiger charge is 2.20. The topological polar surface area (TPSA) is 39.3 Å². The van der Waals surface area contributed by atoms with Gasteiger partial charge in [-0.1, -0.05) is 29.8 Å². The number of H-pyrrole nitrogens is 1. The fraction of sp³-hybridized carbons (Fsp3) is 0.318. The van der Waals surface area contributed by atoms with Gasteiger partial charge in [0.05, 0.1) is 5.52 Å². The zero-order valence-corrected chi connectivity index (χ0v) is 16.5. The zero-order valence-electron chi connectivity index (χ0n) is 15.8. The number of para-hydroxylation sites is 1. The van der Waals surface area contributed by atoms with Crippen LogP contribution >= 0.6 is 11.6 Å². The highest BCUT2D eigenvalue weighted by Crippen LogP contribution is 2.24. The van der Waals surface area contributed by atoms with Crippen molar-refractivity contribution in [1.82, 2.24) is 9.88 Å². The van der Waals surface area contributed by atoms with E-state index in [2.05, 4.69) is 39.0 Å². The molecule has 0 amide bonds. The molecule has 0 radical (unpaired) electrons. The number of piperazine rings is 1. The van der Waals surface area contributed by atoms with Gasteiger partial charge < -0.3 is 9.88 Å². The third-order valence-electron chi connectivity index (χ3n) is 5.56. The van der Waals surface area contributed by atoms with Crippen molar-refractivity contribution in [2.24, 2.45) is 0 Å². The van der Waals surface area contributed by atoms with Crippen LogP contribution in [0.15, 0.2) is 47.3 Å². The molecule has 27 heavy (non-hydrogen) atoms. The summed E-state index contributed by atoms with van der Waals surface area (Å²) in [5.74, 6) is 0. The quantitative estimate of drug-likeness (QED) is 0.741. The monoisotopic (exact) mass is 381 g/mol. The number of halogens is 1. The summed E-state index contributed by atoms with van der Waals surface area (Å²) >= 11 is 6.22. The molecule has 4 rings (SSSR count). The van der Waals surface area contributed by atoms with E-state index >= 15 is 0 Å². The molecule has 0 unspecified atom stereocenters. The minimum Gasteiger partial charge on any atom is -0.369 e. The van der Waals surface area contributed by atoms with Crippen molar-refractivity contribution in [3.63, 3.8) is 0 Å². The lowest BCUT2D eigenvalue weighted by Crippen LogP contribution is -2.46. The minimum absolute atomic E-state index is 0.117. The molecular weight excluding hydrogens is 358 g/mol. The van der Waals surface area contributed by atoms with Crippen molar-refractivity contribution in [3.05, 3.63) is 74.5 Å². The maximum Gasteiger partial charge on any atom is 0.194 e. The van der Waals surface area contributed by atoms with Crippen molar-refractivity contribution in [3.8, 4) is 0 Å². The molecule has 1 aromatic heterocycles. The van der Waals surface area contributed by atoms with Crippen molar-refractivity contribution >= 4 is 28.2 Å². The molecule has 1 fully saturated rings. The number of aromatic amines is 1. The van der Waals surface area contributed by atoms with Gasteiger partial charge in [0.15, 0.2) is 5.43 Å². The number of nitrogens with zero attached hydrogens (tertiary/aromatic N) is 2. The summed E-state index contributed by atoms with van der Waals surface area (Å²) in [6.07, 6.45) is 0. The van der Waals surface area contributed by atoms with Crippen molar-refractivity contribution in [2.75, 3.05) is 31.1 Å². The Bertz CT molecular complexity index is 1020. The molecule has 0 aliphatic carbocycles. The van der Waals surface area contributed by atoms with E-state index in [4.69, 9.17) is 11.6 Å². The Morgan fingerprint density at radius 1 is 1.00 bits per heavy atom. The summed E-state index contributed by atoms with van der Waals surface area (Å²) in [5, 5.41) is 1.41. The number of hydrogen-bond acceptors (Lipinski definition) is 3. The van der Waals surface area contributed by atoms with Gasteiger partial charge in [-0.05, 0) is 43.7 Å². The molecule has 1 saturated heterocycles. The Morgan fingerprint density at radius 3 is 2.41 bits per heavy atom. The number of benzene rings is 2. The number of aromatic nitrogens is 1. The maximum atomic E-state index is 13.1. The number of pyridine rings is 1. The fourth-order valence-electron chi connectivity index (χ4n) is 3.85. The summed E-state index contributed by atoms with van der Waals surface area (Å²) < 4.78 is 0. The highest BCUT2D eigenvalue weighted by atomic mass is 35.5. The van der Waals surface area contributed by atoms with Crippen LogP contribution in [-0.4, -0.2) is 36.1 Å². The van der Waals surface area contributed by atoms with Crippen LogP contribution in [0.2, 0.25) is 5.02 Å². The lowest BCUT2D eigenvalue weighted by atomic mass is 10.0. The Balaban J connectivity index is 1.55. The molecule has 1 aliphatic rings. The van der Waals surface area contributed by atoms with E-state index in [9.17, 15) is 4.79 Å². The molecule has 0 spiro atoms. The number of nitrogens with one attached hydrogen (secondary N) is 1. The second-order valence-electron chi connectivity index (χ2n) is 7.25. The molecular formula is C22H24ClN3O. The first-order valence-corrected chi connectivity index (χ1v) is 9.75. The number of hydrogen-bond donors (Lipinski definition) is 1. The summed E-state index contributed by atoms with van der Waals surface area (Å²) in [6.45, 7) is 8.46. The highest BCUT2D eigenvalue weighted by molar-refractivity contribution is 6.32. The smallest absolute Gasteiger partial charge is 0.194 e. The third-order valence-corrected chi connectivity index (χ3v) is 5.97. The van der Waals surface area contributed by atoms with Gasteiger partial charge in [-0.3, -0.25) is 9.69 Å². The van der Waals surface area contributed by atoms with Crippen LogP contribution in [0.25, 0.3) is 10.9 Å². The maximum absolute atomic E-state index is 13.1. The van der Waals surface area contributed by atoms with Crippen LogP contribution in [-0.2, 0) is 6.54 Å². The summed E-state index contributed by atoms with van der Waals surface area (Å²) in [5.41, 5.74) is 4.96. The van der Waals surface area contributed by atoms with Crippen molar-refractivity contribution < 1.29 is 0 Å². The molecule has 0 saturated carbocycles. The Kier molecular flexibility index (Phi) is 4.94. The van der Waals surface area contributed by atoms with E-state index < -0.39 is 0 Å². The largest absolute Gasteiger partial charge is 0.369 e. The molecule has 0 bridgehead atoms. The lowest BCUT2D eigenvalue weighted by Gasteiger charge is -2.36. The van der Waals surface area contributed by atoms with Gasteiger partial charge in [0.1, 0.15) is 0 Å². The van der Waals surface area contributed by atoms with Crippen molar-refractivity contribution in [2.45, 2.75) is 20.4 Å². The zero-order chi connectivity index (χ0) is 19.0. The molecule has 5 heteroatoms. The molecule has 3 aromatic rings. The second-order valence-corrected chi connectivity index (χ2v) is 7.66. The predicted octanol–water partition coefficient (Wildman–Crippen LogP) is 4.12. The molecule has 140 valence electrons. The molecule has 0 atom stereocenters. The van der Waals surface area contributed by atoms with E-state index in [0.29, 0.717) is 11.6 Å². The first-order chi connectivity index (χ1) is 13.0. The van der Waals surface area contributed by atoms with Gasteiger partial charge in [0.2, 0.25) is 0 Å². The third kappa shape index (κ3) is 3.47. The number of rotatable bonds is 3. The van der Waals surface area contributed by atoms with Gasteiger partial charge in [-0.15, -0.1) is 0 Å². The molecule has 1 N–H and O–H groups in total. The Labute approximate surface area is 164 Å². The predicted molar refractivity (Wildman–Crippen MR) is 113 cm³/mol. The van der Waals surface area contributed by atoms with Gasteiger partial charge >= 0.3 is 0 Å². The minimum atomic E-state index is 0.117. The van der Waals surface area contributed by atoms with E-state index in [1.807, 2.05) is 32.0 Å². The number of aryl methyl sites for hydroxylation is 2. The van der Waals surface area contributed by atoms with Gasteiger partial charge in [0.25, 0.3) is 0 Å². The van der Waals surface area contributed by atoms with E-state index in [1.165, 1.54) is 5.69 Å². The first-order valence-electron chi connectivity index (χ1n) is 9.37. The van der Waals surface area contributed by atoms with Gasteiger partial charge in [-0.25, -0.2) is 0 Å². The summed E-state index contributed by atoms with van der Waals surface area (Å²) in [6, 6.07) is 14.2. The standard InChI is InChI=1S/C22H24ClN3O/c1-15-20(23)9-8-18-21(15)24-16(2)19(22(18)27)14-25-10-12-26(13-11-25)17-6-4-3-5-7-17/h3-9H,10-14H2,1-2H3,(H,24,27). The van der Waals surface area contributed by atoms with Gasteiger partial charge in [0, 0.05) is 60.1 Å². The van der Waals surface area contributed by atoms with Crippen LogP contribution in [0, 0.1) is 13.8 Å². The fourth-order valence-corrected chi connectivity index (χ4v) is 4.01. The first kappa shape index (κ1) is 18.1. The average Bonchev–Trinajstić information content (AvgIpc) is 2.69. The Morgan fingerprint density at radius 2 is 1.70 bits per heavy atom. The molecule has 2 heterocycles. The Hall–Kier alpha value is -2.30. The average molecular weight is 382 g/mol. The van der Waals surface area contributed by atoms with Crippen LogP contribution in [0.4, 0.5) is 5.69 Å². The molecule has 2 aromatic carbocycles. The van der Waals surface area contributed by atoms with Crippen LogP contribution in [0.5, 0.6) is 0 Å². The summed E-state index contributed by atoms with van der Waals surface area (Å²) in [7, 11) is 0. The lowest BCUT2D eigenvalue weighted by molar-refractivity contribution is 0.248. The molecule has 4 nitrogen and oxygen atoms in total. The van der Waals surface area contributed by atoms with Crippen LogP contribution in [0.3, 0.4) is 0 Å². The number of anilines is 1. The normalized spacial score (nSPS) is 15.4. The van der Waals surface area contributed by atoms with E-state index in [1.54, 1.807) is 0 Å². The van der Waals surface area contributed by atoms with E-state index in [0.717, 1.165) is 53.9 Å². The second kappa shape index (κ2) is 7.37. The van der Waals surface area contributed by atoms with Crippen molar-refractivity contribution in [1.29, 1.82) is 0 Å².